The molecule has 9 heteroatoms. The summed E-state index contributed by atoms with van der Waals surface area (Å²) in [6.07, 6.45) is 3.41. The minimum atomic E-state index is -3.18. The Balaban J connectivity index is 1.53. The van der Waals surface area contributed by atoms with E-state index in [4.69, 9.17) is 9.52 Å². The van der Waals surface area contributed by atoms with Crippen LogP contribution in [-0.2, 0) is 17.0 Å². The third kappa shape index (κ3) is 4.37. The molecule has 4 rings (SSSR count). The van der Waals surface area contributed by atoms with Gasteiger partial charge < -0.3 is 10.1 Å². The van der Waals surface area contributed by atoms with E-state index in [1.54, 1.807) is 36.3 Å². The maximum atomic E-state index is 13.0. The van der Waals surface area contributed by atoms with Gasteiger partial charge in [0.15, 0.2) is 0 Å². The average molecular weight is 437 g/mol. The van der Waals surface area contributed by atoms with Crippen molar-refractivity contribution in [3.63, 3.8) is 0 Å². The van der Waals surface area contributed by atoms with Gasteiger partial charge in [-0.05, 0) is 55.5 Å². The van der Waals surface area contributed by atoms with Crippen molar-refractivity contribution in [1.82, 2.24) is 19.5 Å². The lowest BCUT2D eigenvalue weighted by Crippen LogP contribution is -2.27. The highest BCUT2D eigenvalue weighted by Crippen LogP contribution is 2.28. The highest BCUT2D eigenvalue weighted by molar-refractivity contribution is 7.90. The molecule has 0 bridgehead atoms. The molecule has 0 aliphatic heterocycles. The molecule has 2 atom stereocenters. The first kappa shape index (κ1) is 20.8. The van der Waals surface area contributed by atoms with Gasteiger partial charge in [-0.25, -0.2) is 13.7 Å². The van der Waals surface area contributed by atoms with Crippen LogP contribution in [0.1, 0.15) is 18.7 Å². The predicted octanol–water partition coefficient (Wildman–Crippen LogP) is 4.39. The predicted molar refractivity (Wildman–Crippen MR) is 122 cm³/mol. The Kier molecular flexibility index (Phi) is 5.62. The molecule has 0 aliphatic rings. The van der Waals surface area contributed by atoms with Gasteiger partial charge in [0, 0.05) is 42.3 Å². The molecule has 2 aromatic carbocycles. The van der Waals surface area contributed by atoms with Crippen molar-refractivity contribution in [2.24, 2.45) is 7.05 Å². The zero-order valence-corrected chi connectivity index (χ0v) is 18.3. The molecule has 4 aromatic rings. The van der Waals surface area contributed by atoms with Crippen LogP contribution < -0.4 is 14.8 Å². The Labute approximate surface area is 181 Å². The van der Waals surface area contributed by atoms with Gasteiger partial charge in [0.25, 0.3) is 0 Å². The largest absolute Gasteiger partial charge is 0.497 e. The summed E-state index contributed by atoms with van der Waals surface area (Å²) in [5.74, 6) is 0.750. The third-order valence-electron chi connectivity index (χ3n) is 5.06. The molecule has 0 saturated carbocycles. The van der Waals surface area contributed by atoms with Crippen LogP contribution in [0, 0.1) is 4.78 Å². The Morgan fingerprint density at radius 3 is 2.55 bits per heavy atom. The first-order chi connectivity index (χ1) is 14.9. The molecule has 8 nitrogen and oxygen atoms in total. The van der Waals surface area contributed by atoms with E-state index in [-0.39, 0.29) is 6.04 Å². The minimum Gasteiger partial charge on any atom is -0.497 e. The zero-order valence-electron chi connectivity index (χ0n) is 17.5. The number of pyridine rings is 1. The summed E-state index contributed by atoms with van der Waals surface area (Å²) in [6.45, 7) is 1.87. The quantitative estimate of drug-likeness (QED) is 0.398. The number of nitrogens with one attached hydrogen (secondary N) is 3. The number of aryl methyl sites for hydroxylation is 1. The van der Waals surface area contributed by atoms with Gasteiger partial charge in [0.1, 0.15) is 15.7 Å². The van der Waals surface area contributed by atoms with Crippen LogP contribution in [0.25, 0.3) is 10.9 Å². The van der Waals surface area contributed by atoms with Gasteiger partial charge in [-0.1, -0.05) is 0 Å². The lowest BCUT2D eigenvalue weighted by molar-refractivity contribution is 0.415. The second-order valence-corrected chi connectivity index (χ2v) is 8.99. The minimum absolute atomic E-state index is 0.282. The second kappa shape index (κ2) is 8.37. The van der Waals surface area contributed by atoms with E-state index in [0.29, 0.717) is 4.90 Å². The van der Waals surface area contributed by atoms with Gasteiger partial charge in [0.2, 0.25) is 0 Å². The number of nitrogens with zero attached hydrogens (tertiary/aromatic N) is 3. The summed E-state index contributed by atoms with van der Waals surface area (Å²) in [7, 11) is 0.267. The normalized spacial score (nSPS) is 14.2. The van der Waals surface area contributed by atoms with Crippen molar-refractivity contribution in [3.05, 3.63) is 72.7 Å². The fourth-order valence-corrected chi connectivity index (χ4v) is 4.71. The summed E-state index contributed by atoms with van der Waals surface area (Å²) < 4.78 is 31.2. The number of benzene rings is 2. The number of methoxy groups -OCH3 is 1. The maximum absolute atomic E-state index is 13.0. The monoisotopic (exact) mass is 436 g/mol. The molecule has 0 radical (unpaired) electrons. The molecular formula is C22H24N6O2S. The van der Waals surface area contributed by atoms with Gasteiger partial charge in [0.05, 0.1) is 29.3 Å². The summed E-state index contributed by atoms with van der Waals surface area (Å²) in [5.41, 5.74) is 3.40. The molecule has 0 amide bonds. The molecule has 2 aromatic heterocycles. The van der Waals surface area contributed by atoms with Crippen molar-refractivity contribution < 1.29 is 8.95 Å². The molecule has 0 unspecified atom stereocenters. The molecule has 0 saturated heterocycles. The number of aromatic nitrogens is 3. The second-order valence-electron chi connectivity index (χ2n) is 7.17. The smallest absolute Gasteiger partial charge is 0.135 e. The zero-order chi connectivity index (χ0) is 22.0. The molecule has 160 valence electrons. The van der Waals surface area contributed by atoms with Gasteiger partial charge in [-0.3, -0.25) is 9.67 Å². The van der Waals surface area contributed by atoms with E-state index in [2.05, 4.69) is 20.1 Å². The van der Waals surface area contributed by atoms with Crippen molar-refractivity contribution in [3.8, 4) is 5.75 Å². The number of hydrogen-bond donors (Lipinski definition) is 3. The molecular weight excluding hydrogens is 412 g/mol. The summed E-state index contributed by atoms with van der Waals surface area (Å²) in [5, 5.41) is 8.45. The standard InChI is InChI=1S/C22H24N6O2S/c1-15(22-11-13-25-28(22)2)27-31(23,29)18-7-4-16(5-8-18)26-20-10-12-24-21-14-17(30-3)6-9-19(20)21/h4-15H,1-3H3,(H,24,26)(H2,23,27,29)/t15-,31+/m0/s1. The molecule has 3 N–H and O–H groups in total. The number of rotatable bonds is 7. The van der Waals surface area contributed by atoms with E-state index in [9.17, 15) is 4.21 Å². The topological polar surface area (TPSA) is 105 Å². The number of hydrogen-bond acceptors (Lipinski definition) is 6. The fraction of sp³-hybridized carbons (Fsp3) is 0.182. The fourth-order valence-electron chi connectivity index (χ4n) is 3.44. The Morgan fingerprint density at radius 2 is 1.87 bits per heavy atom. The van der Waals surface area contributed by atoms with Crippen molar-refractivity contribution >= 4 is 32.2 Å². The molecule has 2 heterocycles. The highest BCUT2D eigenvalue weighted by Gasteiger charge is 2.17. The number of anilines is 2. The van der Waals surface area contributed by atoms with Crippen LogP contribution >= 0.6 is 0 Å². The summed E-state index contributed by atoms with van der Waals surface area (Å²) in [4.78, 5) is 4.81. The van der Waals surface area contributed by atoms with Crippen LogP contribution in [-0.4, -0.2) is 26.1 Å². The van der Waals surface area contributed by atoms with Gasteiger partial charge in [-0.15, -0.1) is 0 Å². The highest BCUT2D eigenvalue weighted by atomic mass is 32.2. The molecule has 0 fully saturated rings. The maximum Gasteiger partial charge on any atom is 0.135 e. The van der Waals surface area contributed by atoms with E-state index in [1.165, 1.54) is 0 Å². The lowest BCUT2D eigenvalue weighted by Gasteiger charge is -2.17. The van der Waals surface area contributed by atoms with Crippen LogP contribution in [0.2, 0.25) is 0 Å². The van der Waals surface area contributed by atoms with E-state index >= 15 is 0 Å². The SMILES string of the molecule is COc1ccc2c(Nc3ccc([S@](=N)(=O)N[C@@H](C)c4ccnn4C)cc3)ccnc2c1. The van der Waals surface area contributed by atoms with Crippen molar-refractivity contribution in [1.29, 1.82) is 4.78 Å². The van der Waals surface area contributed by atoms with E-state index in [0.717, 1.165) is 33.7 Å². The first-order valence-electron chi connectivity index (χ1n) is 9.71. The lowest BCUT2D eigenvalue weighted by atomic mass is 10.1. The average Bonchev–Trinajstić information content (AvgIpc) is 3.20. The van der Waals surface area contributed by atoms with E-state index in [1.807, 2.05) is 56.4 Å². The first-order valence-corrected chi connectivity index (χ1v) is 11.3. The Hall–Kier alpha value is -3.43. The van der Waals surface area contributed by atoms with Crippen molar-refractivity contribution in [2.45, 2.75) is 17.9 Å². The van der Waals surface area contributed by atoms with Crippen LogP contribution in [0.5, 0.6) is 5.75 Å². The summed E-state index contributed by atoms with van der Waals surface area (Å²) in [6, 6.07) is 16.2. The van der Waals surface area contributed by atoms with Crippen LogP contribution in [0.15, 0.2) is 71.9 Å². The number of fused-ring (bicyclic) bond motifs is 1. The molecule has 0 spiro atoms. The third-order valence-corrected chi connectivity index (χ3v) is 6.68. The summed E-state index contributed by atoms with van der Waals surface area (Å²) >= 11 is 0. The van der Waals surface area contributed by atoms with Crippen LogP contribution in [0.4, 0.5) is 11.4 Å². The molecule has 31 heavy (non-hydrogen) atoms. The Morgan fingerprint density at radius 1 is 1.10 bits per heavy atom. The molecule has 0 aliphatic carbocycles. The Bertz CT molecular complexity index is 1320. The van der Waals surface area contributed by atoms with Gasteiger partial charge in [-0.2, -0.15) is 5.10 Å². The van der Waals surface area contributed by atoms with Gasteiger partial charge >= 0.3 is 0 Å². The number of ether oxygens (including phenoxy) is 1. The van der Waals surface area contributed by atoms with Crippen LogP contribution in [0.3, 0.4) is 0 Å². The van der Waals surface area contributed by atoms with E-state index < -0.39 is 9.92 Å². The van der Waals surface area contributed by atoms with Crippen molar-refractivity contribution in [2.75, 3.05) is 12.4 Å².